The van der Waals surface area contributed by atoms with Gasteiger partial charge in [-0.05, 0) is 115 Å². The maximum atomic E-state index is 10.5. The van der Waals surface area contributed by atoms with Gasteiger partial charge in [0.15, 0.2) is 0 Å². The lowest BCUT2D eigenvalue weighted by atomic mass is 9.64. The van der Waals surface area contributed by atoms with E-state index in [0.717, 1.165) is 74.2 Å². The number of para-hydroxylation sites is 4. The van der Waals surface area contributed by atoms with Crippen molar-refractivity contribution in [2.45, 2.75) is 17.9 Å². The van der Waals surface area contributed by atoms with E-state index in [4.69, 9.17) is 9.97 Å². The predicted molar refractivity (Wildman–Crippen MR) is 247 cm³/mol. The summed E-state index contributed by atoms with van der Waals surface area (Å²) in [7, 11) is 0. The van der Waals surface area contributed by atoms with Gasteiger partial charge < -0.3 is 14.7 Å². The molecule has 0 saturated carbocycles. The van der Waals surface area contributed by atoms with Crippen molar-refractivity contribution in [1.29, 1.82) is 10.5 Å². The van der Waals surface area contributed by atoms with Gasteiger partial charge in [-0.3, -0.25) is 9.97 Å². The topological polar surface area (TPSA) is 83.1 Å². The molecule has 6 aromatic carbocycles. The molecule has 0 fully saturated rings. The minimum absolute atomic E-state index is 0.0521. The molecule has 292 valence electrons. The molecule has 3 aliphatic rings. The molecule has 7 nitrogen and oxygen atoms in total. The molecule has 1 atom stereocenters. The number of pyridine rings is 2. The number of anilines is 8. The lowest BCUT2D eigenvalue weighted by Gasteiger charge is -2.46. The Bertz CT molecular complexity index is 3050. The third-order valence-corrected chi connectivity index (χ3v) is 12.2. The van der Waals surface area contributed by atoms with Crippen LogP contribution in [-0.4, -0.2) is 16.0 Å². The Morgan fingerprint density at radius 1 is 0.516 bits per heavy atom. The number of rotatable bonds is 7. The Labute approximate surface area is 360 Å². The molecule has 62 heavy (non-hydrogen) atoms. The second kappa shape index (κ2) is 14.9. The average molecular weight is 796 g/mol. The molecule has 1 unspecified atom stereocenters. The number of benzene rings is 6. The van der Waals surface area contributed by atoms with E-state index < -0.39 is 5.41 Å². The lowest BCUT2D eigenvalue weighted by molar-refractivity contribution is 0.743. The molecule has 8 aromatic rings. The molecular weight excluding hydrogens is 759 g/mol. The summed E-state index contributed by atoms with van der Waals surface area (Å²) in [5, 5.41) is 21.0. The molecule has 1 spiro atoms. The quantitative estimate of drug-likeness (QED) is 0.159. The zero-order chi connectivity index (χ0) is 41.6. The van der Waals surface area contributed by atoms with Gasteiger partial charge in [0.25, 0.3) is 0 Å². The number of aromatic nitrogens is 2. The minimum Gasteiger partial charge on any atom is -0.334 e. The molecule has 0 saturated heterocycles. The fraction of sp³-hybridized carbons (Fsp3) is 0.0545. The zero-order valence-electron chi connectivity index (χ0n) is 33.5. The summed E-state index contributed by atoms with van der Waals surface area (Å²) in [6, 6.07) is 64.1. The number of nitriles is 2. The number of nitrogens with zero attached hydrogens (tertiary/aromatic N) is 7. The highest BCUT2D eigenvalue weighted by Gasteiger charge is 2.54. The van der Waals surface area contributed by atoms with E-state index in [0.29, 0.717) is 22.5 Å². The van der Waals surface area contributed by atoms with Gasteiger partial charge in [0.1, 0.15) is 12.1 Å². The van der Waals surface area contributed by atoms with Crippen molar-refractivity contribution in [2.24, 2.45) is 0 Å². The molecule has 7 heteroatoms. The van der Waals surface area contributed by atoms with Crippen molar-refractivity contribution in [3.8, 4) is 23.5 Å². The van der Waals surface area contributed by atoms with Gasteiger partial charge >= 0.3 is 0 Å². The molecule has 0 bridgehead atoms. The van der Waals surface area contributed by atoms with Crippen LogP contribution in [0.4, 0.5) is 45.5 Å². The highest BCUT2D eigenvalue weighted by Crippen LogP contribution is 2.64. The van der Waals surface area contributed by atoms with E-state index in [1.54, 1.807) is 12.4 Å². The van der Waals surface area contributed by atoms with Crippen LogP contribution in [0.3, 0.4) is 0 Å². The normalized spacial score (nSPS) is 14.8. The van der Waals surface area contributed by atoms with Crippen molar-refractivity contribution in [1.82, 2.24) is 9.97 Å². The molecular formula is C55H37N7. The van der Waals surface area contributed by atoms with Crippen LogP contribution < -0.4 is 14.7 Å². The maximum Gasteiger partial charge on any atom is 0.101 e. The third-order valence-electron chi connectivity index (χ3n) is 12.2. The molecule has 0 N–H and O–H groups in total. The van der Waals surface area contributed by atoms with E-state index in [2.05, 4.69) is 185 Å². The van der Waals surface area contributed by atoms with E-state index in [-0.39, 0.29) is 6.04 Å². The number of hydrogen-bond donors (Lipinski definition) is 0. The summed E-state index contributed by atoms with van der Waals surface area (Å²) in [6.45, 7) is 0. The van der Waals surface area contributed by atoms with E-state index in [1.165, 1.54) is 0 Å². The molecule has 3 heterocycles. The van der Waals surface area contributed by atoms with E-state index in [9.17, 15) is 10.5 Å². The lowest BCUT2D eigenvalue weighted by Crippen LogP contribution is -2.37. The number of fused-ring (bicyclic) bond motifs is 9. The zero-order valence-corrected chi connectivity index (χ0v) is 33.5. The van der Waals surface area contributed by atoms with Crippen molar-refractivity contribution in [3.05, 3.63) is 240 Å². The summed E-state index contributed by atoms with van der Waals surface area (Å²) < 4.78 is 0. The highest BCUT2D eigenvalue weighted by molar-refractivity contribution is 5.97. The van der Waals surface area contributed by atoms with E-state index >= 15 is 0 Å². The first-order valence-electron chi connectivity index (χ1n) is 20.7. The van der Waals surface area contributed by atoms with Gasteiger partial charge in [-0.25, -0.2) is 0 Å². The largest absolute Gasteiger partial charge is 0.334 e. The van der Waals surface area contributed by atoms with Crippen LogP contribution in [-0.2, 0) is 5.41 Å². The Morgan fingerprint density at radius 2 is 1.02 bits per heavy atom. The monoisotopic (exact) mass is 795 g/mol. The Hall–Kier alpha value is -8.52. The fourth-order valence-electron chi connectivity index (χ4n) is 9.67. The Morgan fingerprint density at radius 3 is 1.53 bits per heavy atom. The summed E-state index contributed by atoms with van der Waals surface area (Å²) >= 11 is 0. The second-order valence-electron chi connectivity index (χ2n) is 15.6. The van der Waals surface area contributed by atoms with Crippen LogP contribution in [0.5, 0.6) is 0 Å². The van der Waals surface area contributed by atoms with E-state index in [1.807, 2.05) is 36.4 Å². The average Bonchev–Trinajstić information content (AvgIpc) is 3.63. The van der Waals surface area contributed by atoms with Crippen molar-refractivity contribution >= 4 is 45.5 Å². The van der Waals surface area contributed by atoms with Gasteiger partial charge in [0.05, 0.1) is 45.3 Å². The predicted octanol–water partition coefficient (Wildman–Crippen LogP) is 12.9. The van der Waals surface area contributed by atoms with Gasteiger partial charge in [-0.2, -0.15) is 10.5 Å². The Kier molecular flexibility index (Phi) is 8.81. The number of hydrogen-bond acceptors (Lipinski definition) is 7. The second-order valence-corrected chi connectivity index (χ2v) is 15.6. The van der Waals surface area contributed by atoms with Gasteiger partial charge in [0.2, 0.25) is 0 Å². The molecule has 2 aromatic heterocycles. The smallest absolute Gasteiger partial charge is 0.101 e. The van der Waals surface area contributed by atoms with Gasteiger partial charge in [-0.15, -0.1) is 0 Å². The van der Waals surface area contributed by atoms with Gasteiger partial charge in [0, 0.05) is 57.6 Å². The molecule has 1 aliphatic heterocycles. The summed E-state index contributed by atoms with van der Waals surface area (Å²) in [4.78, 5) is 17.0. The molecule has 11 rings (SSSR count). The van der Waals surface area contributed by atoms with Crippen molar-refractivity contribution in [2.75, 3.05) is 14.7 Å². The van der Waals surface area contributed by atoms with Crippen LogP contribution in [0.2, 0.25) is 0 Å². The Balaban J connectivity index is 1.29. The maximum absolute atomic E-state index is 10.5. The molecule has 0 radical (unpaired) electrons. The van der Waals surface area contributed by atoms with Crippen LogP contribution in [0.1, 0.15) is 39.8 Å². The van der Waals surface area contributed by atoms with Crippen LogP contribution in [0.15, 0.2) is 207 Å². The first-order valence-corrected chi connectivity index (χ1v) is 20.7. The van der Waals surface area contributed by atoms with Crippen LogP contribution >= 0.6 is 0 Å². The third kappa shape index (κ3) is 5.72. The van der Waals surface area contributed by atoms with Crippen LogP contribution in [0, 0.1) is 22.7 Å². The summed E-state index contributed by atoms with van der Waals surface area (Å²) in [5.41, 5.74) is 12.8. The highest BCUT2D eigenvalue weighted by atomic mass is 15.2. The fourth-order valence-corrected chi connectivity index (χ4v) is 9.67. The van der Waals surface area contributed by atoms with Crippen LogP contribution in [0.25, 0.3) is 11.4 Å². The summed E-state index contributed by atoms with van der Waals surface area (Å²) in [6.07, 6.45) is 12.8. The standard InChI is InChI=1S/C55H37N7/c56-34-38-30-49-53(58-36-38)54-50(31-39(35-57)37-59-54)55(49)47-32-45(60(40-16-6-1-7-17-40)41-18-8-2-9-19-41)26-28-51(47)62(44-24-14-5-15-25-44)52-29-27-46(33-48(52)55)61(42-20-10-3-11-21-42)43-22-12-4-13-23-43/h1-22,24-33,36-37,43H,23H2. The first kappa shape index (κ1) is 36.6. The minimum atomic E-state index is -1.07. The van der Waals surface area contributed by atoms with Crippen molar-refractivity contribution in [3.63, 3.8) is 0 Å². The first-order chi connectivity index (χ1) is 30.7. The summed E-state index contributed by atoms with van der Waals surface area (Å²) in [5.74, 6) is 0. The van der Waals surface area contributed by atoms with Crippen molar-refractivity contribution < 1.29 is 0 Å². The molecule has 0 amide bonds. The molecule has 2 aliphatic carbocycles. The SMILES string of the molecule is N#Cc1cnc2c(c1)C1(c3cc(N(c4ccccc4)c4ccccc4)ccc3N(c3ccccc3)c3ccc(N(c4ccccc4)C4C=CC=CC4)cc31)c1cc(C#N)cnc1-2. The van der Waals surface area contributed by atoms with Gasteiger partial charge in [-0.1, -0.05) is 97.1 Å². The number of allylic oxidation sites excluding steroid dienone is 2.